The smallest absolute Gasteiger partial charge is 0.266 e. The molecule has 0 aromatic heterocycles. The topological polar surface area (TPSA) is 12.0 Å². The number of hydrogen-bond donors (Lipinski definition) is 1. The summed E-state index contributed by atoms with van der Waals surface area (Å²) in [5.41, 5.74) is 0.268. The van der Waals surface area contributed by atoms with Crippen molar-refractivity contribution in [2.24, 2.45) is 0 Å². The Morgan fingerprint density at radius 3 is 2.75 bits per heavy atom. The van der Waals surface area contributed by atoms with E-state index in [2.05, 4.69) is 5.32 Å². The van der Waals surface area contributed by atoms with Gasteiger partial charge in [0.1, 0.15) is 5.82 Å². The van der Waals surface area contributed by atoms with Crippen molar-refractivity contribution in [3.63, 3.8) is 0 Å². The molecule has 1 aromatic rings. The van der Waals surface area contributed by atoms with Crippen LogP contribution in [0.4, 0.5) is 13.2 Å². The Kier molecular flexibility index (Phi) is 3.49. The molecule has 0 bridgehead atoms. The molecule has 1 aliphatic rings. The summed E-state index contributed by atoms with van der Waals surface area (Å²) in [5.74, 6) is -0.800. The lowest BCUT2D eigenvalue weighted by atomic mass is 10.0. The van der Waals surface area contributed by atoms with Gasteiger partial charge >= 0.3 is 0 Å². The minimum atomic E-state index is -2.74. The SMILES string of the molecule is Fc1cc(CC2CCCN2)ccc1C(F)F. The van der Waals surface area contributed by atoms with Crippen molar-refractivity contribution >= 4 is 0 Å². The molecule has 0 amide bonds. The van der Waals surface area contributed by atoms with Gasteiger partial charge in [0.2, 0.25) is 0 Å². The second-order valence-electron chi connectivity index (χ2n) is 4.15. The average molecular weight is 229 g/mol. The van der Waals surface area contributed by atoms with E-state index in [9.17, 15) is 13.2 Å². The standard InChI is InChI=1S/C12H14F3N/c13-11-7-8(3-4-10(11)12(14)15)6-9-2-1-5-16-9/h3-4,7,9,12,16H,1-2,5-6H2. The molecule has 0 spiro atoms. The Morgan fingerprint density at radius 1 is 1.38 bits per heavy atom. The van der Waals surface area contributed by atoms with Crippen LogP contribution in [0.3, 0.4) is 0 Å². The van der Waals surface area contributed by atoms with E-state index in [1.807, 2.05) is 0 Å². The van der Waals surface area contributed by atoms with E-state index in [1.165, 1.54) is 12.1 Å². The first-order chi connectivity index (χ1) is 7.66. The molecule has 0 radical (unpaired) electrons. The van der Waals surface area contributed by atoms with Crippen molar-refractivity contribution in [2.45, 2.75) is 31.7 Å². The molecule has 0 saturated carbocycles. The van der Waals surface area contributed by atoms with Crippen LogP contribution in [0, 0.1) is 5.82 Å². The van der Waals surface area contributed by atoms with Crippen LogP contribution < -0.4 is 5.32 Å². The van der Waals surface area contributed by atoms with Crippen molar-refractivity contribution < 1.29 is 13.2 Å². The van der Waals surface area contributed by atoms with E-state index < -0.39 is 17.8 Å². The van der Waals surface area contributed by atoms with Crippen molar-refractivity contribution in [2.75, 3.05) is 6.54 Å². The van der Waals surface area contributed by atoms with Crippen LogP contribution >= 0.6 is 0 Å². The molecule has 1 atom stereocenters. The predicted molar refractivity (Wildman–Crippen MR) is 56.1 cm³/mol. The number of hydrogen-bond acceptors (Lipinski definition) is 1. The first-order valence-electron chi connectivity index (χ1n) is 5.46. The van der Waals surface area contributed by atoms with Crippen LogP contribution in [0.15, 0.2) is 18.2 Å². The molecule has 1 fully saturated rings. The van der Waals surface area contributed by atoms with Crippen molar-refractivity contribution in [1.82, 2.24) is 5.32 Å². The Balaban J connectivity index is 2.08. The third-order valence-electron chi connectivity index (χ3n) is 2.94. The second-order valence-corrected chi connectivity index (χ2v) is 4.15. The van der Waals surface area contributed by atoms with Gasteiger partial charge < -0.3 is 5.32 Å². The zero-order valence-corrected chi connectivity index (χ0v) is 8.85. The third-order valence-corrected chi connectivity index (χ3v) is 2.94. The number of alkyl halides is 2. The van der Waals surface area contributed by atoms with Gasteiger partial charge in [0.15, 0.2) is 0 Å². The number of halogens is 3. The third kappa shape index (κ3) is 2.55. The minimum absolute atomic E-state index is 0.358. The fourth-order valence-corrected chi connectivity index (χ4v) is 2.09. The summed E-state index contributed by atoms with van der Waals surface area (Å²) in [4.78, 5) is 0. The Labute approximate surface area is 92.7 Å². The Bertz CT molecular complexity index is 359. The number of rotatable bonds is 3. The van der Waals surface area contributed by atoms with E-state index in [0.717, 1.165) is 24.9 Å². The zero-order valence-electron chi connectivity index (χ0n) is 8.85. The van der Waals surface area contributed by atoms with Gasteiger partial charge in [0, 0.05) is 6.04 Å². The summed E-state index contributed by atoms with van der Waals surface area (Å²) in [5, 5.41) is 3.29. The van der Waals surface area contributed by atoms with Gasteiger partial charge in [-0.3, -0.25) is 0 Å². The maximum absolute atomic E-state index is 13.3. The van der Waals surface area contributed by atoms with Crippen LogP contribution in [0.2, 0.25) is 0 Å². The van der Waals surface area contributed by atoms with Gasteiger partial charge in [-0.25, -0.2) is 13.2 Å². The van der Waals surface area contributed by atoms with Crippen molar-refractivity contribution in [3.05, 3.63) is 35.1 Å². The van der Waals surface area contributed by atoms with Gasteiger partial charge in [-0.15, -0.1) is 0 Å². The fraction of sp³-hybridized carbons (Fsp3) is 0.500. The summed E-state index contributed by atoms with van der Waals surface area (Å²) in [6.07, 6.45) is 0.166. The highest BCUT2D eigenvalue weighted by Gasteiger charge is 2.17. The van der Waals surface area contributed by atoms with Gasteiger partial charge in [-0.05, 0) is 37.4 Å². The summed E-state index contributed by atoms with van der Waals surface area (Å²) < 4.78 is 37.9. The summed E-state index contributed by atoms with van der Waals surface area (Å²) in [6.45, 7) is 0.988. The van der Waals surface area contributed by atoms with Crippen LogP contribution in [0.5, 0.6) is 0 Å². The van der Waals surface area contributed by atoms with Crippen LogP contribution in [-0.4, -0.2) is 12.6 Å². The van der Waals surface area contributed by atoms with E-state index >= 15 is 0 Å². The number of nitrogens with one attached hydrogen (secondary N) is 1. The molecule has 16 heavy (non-hydrogen) atoms. The molecule has 1 aromatic carbocycles. The van der Waals surface area contributed by atoms with Crippen LogP contribution in [-0.2, 0) is 6.42 Å². The van der Waals surface area contributed by atoms with Gasteiger partial charge in [-0.1, -0.05) is 12.1 Å². The molecule has 1 saturated heterocycles. The van der Waals surface area contributed by atoms with Gasteiger partial charge in [0.05, 0.1) is 5.56 Å². The molecule has 1 heterocycles. The monoisotopic (exact) mass is 229 g/mol. The second kappa shape index (κ2) is 4.87. The molecule has 1 aliphatic heterocycles. The minimum Gasteiger partial charge on any atom is -0.314 e. The maximum Gasteiger partial charge on any atom is 0.266 e. The summed E-state index contributed by atoms with van der Waals surface area (Å²) in [7, 11) is 0. The Hall–Kier alpha value is -1.03. The Morgan fingerprint density at radius 2 is 2.19 bits per heavy atom. The molecule has 1 unspecified atom stereocenters. The molecule has 1 N–H and O–H groups in total. The molecular formula is C12H14F3N. The van der Waals surface area contributed by atoms with E-state index in [1.54, 1.807) is 6.07 Å². The largest absolute Gasteiger partial charge is 0.314 e. The van der Waals surface area contributed by atoms with E-state index in [4.69, 9.17) is 0 Å². The lowest BCUT2D eigenvalue weighted by Gasteiger charge is -2.11. The fourth-order valence-electron chi connectivity index (χ4n) is 2.09. The highest BCUT2D eigenvalue weighted by molar-refractivity contribution is 5.26. The van der Waals surface area contributed by atoms with Crippen LogP contribution in [0.25, 0.3) is 0 Å². The molecule has 0 aliphatic carbocycles. The summed E-state index contributed by atoms with van der Waals surface area (Å²) in [6, 6.07) is 4.35. The van der Waals surface area contributed by atoms with Crippen molar-refractivity contribution in [3.8, 4) is 0 Å². The molecule has 1 nitrogen and oxygen atoms in total. The molecule has 2 rings (SSSR count). The lowest BCUT2D eigenvalue weighted by molar-refractivity contribution is 0.146. The normalized spacial score (nSPS) is 20.6. The van der Waals surface area contributed by atoms with E-state index in [-0.39, 0.29) is 0 Å². The highest BCUT2D eigenvalue weighted by atomic mass is 19.3. The van der Waals surface area contributed by atoms with Gasteiger partial charge in [-0.2, -0.15) is 0 Å². The molecule has 4 heteroatoms. The highest BCUT2D eigenvalue weighted by Crippen LogP contribution is 2.23. The van der Waals surface area contributed by atoms with Gasteiger partial charge in [0.25, 0.3) is 6.43 Å². The summed E-state index contributed by atoms with van der Waals surface area (Å²) >= 11 is 0. The zero-order chi connectivity index (χ0) is 11.5. The van der Waals surface area contributed by atoms with Crippen molar-refractivity contribution in [1.29, 1.82) is 0 Å². The average Bonchev–Trinajstić information content (AvgIpc) is 2.70. The molecule has 88 valence electrons. The molecular weight excluding hydrogens is 215 g/mol. The quantitative estimate of drug-likeness (QED) is 0.840. The maximum atomic E-state index is 13.3. The van der Waals surface area contributed by atoms with Crippen LogP contribution in [0.1, 0.15) is 30.4 Å². The predicted octanol–water partition coefficient (Wildman–Crippen LogP) is 3.06. The lowest BCUT2D eigenvalue weighted by Crippen LogP contribution is -2.23. The van der Waals surface area contributed by atoms with E-state index in [0.29, 0.717) is 12.5 Å². The number of benzene rings is 1. The first kappa shape index (κ1) is 11.5. The first-order valence-corrected chi connectivity index (χ1v) is 5.46.